The molecule has 1 amide bonds. The van der Waals surface area contributed by atoms with E-state index in [0.717, 1.165) is 0 Å². The van der Waals surface area contributed by atoms with E-state index in [1.165, 1.54) is 0 Å². The fraction of sp³-hybridized carbons (Fsp3) is 0.250. The minimum absolute atomic E-state index is 0.176. The zero-order valence-electron chi connectivity index (χ0n) is 9.87. The predicted molar refractivity (Wildman–Crippen MR) is 68.7 cm³/mol. The van der Waals surface area contributed by atoms with Gasteiger partial charge in [-0.15, -0.1) is 0 Å². The molecule has 6 heteroatoms. The SMILES string of the molecule is CCCC(=O)Nc1cccc2c(=O)[nH][nH]c(=O)c12. The number of benzene rings is 1. The van der Waals surface area contributed by atoms with Crippen LogP contribution >= 0.6 is 0 Å². The van der Waals surface area contributed by atoms with Gasteiger partial charge >= 0.3 is 0 Å². The Labute approximate surface area is 102 Å². The van der Waals surface area contributed by atoms with E-state index in [1.54, 1.807) is 18.2 Å². The van der Waals surface area contributed by atoms with E-state index in [1.807, 2.05) is 6.92 Å². The number of aromatic amines is 2. The molecule has 0 aliphatic carbocycles. The second-order valence-electron chi connectivity index (χ2n) is 3.93. The quantitative estimate of drug-likeness (QED) is 0.753. The average molecular weight is 247 g/mol. The highest BCUT2D eigenvalue weighted by molar-refractivity contribution is 6.01. The van der Waals surface area contributed by atoms with Crippen molar-refractivity contribution in [3.63, 3.8) is 0 Å². The van der Waals surface area contributed by atoms with Crippen LogP contribution in [0, 0.1) is 0 Å². The van der Waals surface area contributed by atoms with Crippen LogP contribution in [0.2, 0.25) is 0 Å². The van der Waals surface area contributed by atoms with Gasteiger partial charge in [0.25, 0.3) is 11.1 Å². The number of amides is 1. The number of anilines is 1. The van der Waals surface area contributed by atoms with Gasteiger partial charge in [-0.05, 0) is 18.6 Å². The smallest absolute Gasteiger partial charge is 0.272 e. The predicted octanol–water partition coefficient (Wildman–Crippen LogP) is 0.955. The first kappa shape index (κ1) is 12.1. The Bertz CT molecular complexity index is 700. The molecule has 1 aromatic carbocycles. The van der Waals surface area contributed by atoms with Crippen LogP contribution in [-0.2, 0) is 4.79 Å². The van der Waals surface area contributed by atoms with Gasteiger partial charge in [-0.25, -0.2) is 0 Å². The summed E-state index contributed by atoms with van der Waals surface area (Å²) in [6.45, 7) is 1.89. The lowest BCUT2D eigenvalue weighted by Crippen LogP contribution is -2.21. The van der Waals surface area contributed by atoms with Crippen molar-refractivity contribution in [1.82, 2.24) is 10.2 Å². The van der Waals surface area contributed by atoms with Gasteiger partial charge in [0.15, 0.2) is 0 Å². The summed E-state index contributed by atoms with van der Waals surface area (Å²) in [5, 5.41) is 7.59. The maximum Gasteiger partial charge on any atom is 0.272 e. The topological polar surface area (TPSA) is 94.8 Å². The number of hydrogen-bond acceptors (Lipinski definition) is 3. The number of aromatic nitrogens is 2. The Morgan fingerprint density at radius 3 is 2.67 bits per heavy atom. The molecule has 2 aromatic rings. The van der Waals surface area contributed by atoms with Gasteiger partial charge in [0.05, 0.1) is 16.5 Å². The summed E-state index contributed by atoms with van der Waals surface area (Å²) in [5.41, 5.74) is -0.466. The lowest BCUT2D eigenvalue weighted by molar-refractivity contribution is -0.116. The molecule has 6 nitrogen and oxygen atoms in total. The van der Waals surface area contributed by atoms with E-state index in [2.05, 4.69) is 15.5 Å². The van der Waals surface area contributed by atoms with Gasteiger partial charge in [-0.3, -0.25) is 24.6 Å². The van der Waals surface area contributed by atoms with Gasteiger partial charge in [0.1, 0.15) is 0 Å². The number of H-pyrrole nitrogens is 2. The Morgan fingerprint density at radius 1 is 1.22 bits per heavy atom. The third kappa shape index (κ3) is 2.17. The van der Waals surface area contributed by atoms with Crippen LogP contribution in [-0.4, -0.2) is 16.1 Å². The van der Waals surface area contributed by atoms with Crippen molar-refractivity contribution >= 4 is 22.4 Å². The fourth-order valence-electron chi connectivity index (χ4n) is 1.77. The Morgan fingerprint density at radius 2 is 1.94 bits per heavy atom. The van der Waals surface area contributed by atoms with E-state index in [4.69, 9.17) is 0 Å². The lowest BCUT2D eigenvalue weighted by atomic mass is 10.1. The number of nitrogens with one attached hydrogen (secondary N) is 3. The molecule has 0 fully saturated rings. The molecule has 94 valence electrons. The lowest BCUT2D eigenvalue weighted by Gasteiger charge is -2.06. The summed E-state index contributed by atoms with van der Waals surface area (Å²) in [4.78, 5) is 34.8. The van der Waals surface area contributed by atoms with Crippen molar-refractivity contribution in [1.29, 1.82) is 0 Å². The molecule has 18 heavy (non-hydrogen) atoms. The van der Waals surface area contributed by atoms with E-state index >= 15 is 0 Å². The molecular weight excluding hydrogens is 234 g/mol. The second kappa shape index (κ2) is 4.87. The zero-order chi connectivity index (χ0) is 13.1. The molecule has 0 aliphatic heterocycles. The maximum atomic E-state index is 11.7. The van der Waals surface area contributed by atoms with Crippen LogP contribution in [0.1, 0.15) is 19.8 Å². The van der Waals surface area contributed by atoms with E-state index < -0.39 is 11.1 Å². The zero-order valence-corrected chi connectivity index (χ0v) is 9.87. The maximum absolute atomic E-state index is 11.7. The van der Waals surface area contributed by atoms with Crippen LogP contribution in [0.3, 0.4) is 0 Å². The fourth-order valence-corrected chi connectivity index (χ4v) is 1.77. The largest absolute Gasteiger partial charge is 0.325 e. The highest BCUT2D eigenvalue weighted by Crippen LogP contribution is 2.16. The molecule has 2 rings (SSSR count). The summed E-state index contributed by atoms with van der Waals surface area (Å²) in [5.74, 6) is -0.176. The van der Waals surface area contributed by atoms with Crippen LogP contribution in [0.5, 0.6) is 0 Å². The molecule has 3 N–H and O–H groups in total. The minimum Gasteiger partial charge on any atom is -0.325 e. The first-order valence-electron chi connectivity index (χ1n) is 5.67. The Kier molecular flexibility index (Phi) is 3.27. The van der Waals surface area contributed by atoms with Crippen molar-refractivity contribution in [3.05, 3.63) is 38.9 Å². The molecule has 0 atom stereocenters. The monoisotopic (exact) mass is 247 g/mol. The van der Waals surface area contributed by atoms with Crippen LogP contribution in [0.15, 0.2) is 27.8 Å². The van der Waals surface area contributed by atoms with Crippen LogP contribution in [0.25, 0.3) is 10.8 Å². The third-order valence-electron chi connectivity index (χ3n) is 2.58. The van der Waals surface area contributed by atoms with Crippen LogP contribution in [0.4, 0.5) is 5.69 Å². The van der Waals surface area contributed by atoms with Gasteiger partial charge in [0, 0.05) is 6.42 Å². The second-order valence-corrected chi connectivity index (χ2v) is 3.93. The summed E-state index contributed by atoms with van der Waals surface area (Å²) < 4.78 is 0. The number of rotatable bonds is 3. The number of carbonyl (C=O) groups is 1. The summed E-state index contributed by atoms with van der Waals surface area (Å²) in [6.07, 6.45) is 1.09. The molecule has 0 saturated heterocycles. The molecule has 0 bridgehead atoms. The molecule has 0 unspecified atom stereocenters. The van der Waals surface area contributed by atoms with Gasteiger partial charge < -0.3 is 5.32 Å². The number of carbonyl (C=O) groups excluding carboxylic acids is 1. The first-order chi connectivity index (χ1) is 8.63. The molecule has 0 saturated carbocycles. The summed E-state index contributed by atoms with van der Waals surface area (Å²) >= 11 is 0. The normalized spacial score (nSPS) is 10.5. The average Bonchev–Trinajstić information content (AvgIpc) is 2.34. The number of fused-ring (bicyclic) bond motifs is 1. The van der Waals surface area contributed by atoms with Crippen molar-refractivity contribution in [2.24, 2.45) is 0 Å². The van der Waals surface area contributed by atoms with Crippen molar-refractivity contribution in [3.8, 4) is 0 Å². The van der Waals surface area contributed by atoms with Gasteiger partial charge in [0.2, 0.25) is 5.91 Å². The van der Waals surface area contributed by atoms with Crippen molar-refractivity contribution in [2.45, 2.75) is 19.8 Å². The highest BCUT2D eigenvalue weighted by atomic mass is 16.2. The van der Waals surface area contributed by atoms with Gasteiger partial charge in [-0.2, -0.15) is 0 Å². The Hall–Kier alpha value is -2.37. The van der Waals surface area contributed by atoms with Gasteiger partial charge in [-0.1, -0.05) is 13.0 Å². The summed E-state index contributed by atoms with van der Waals surface area (Å²) in [6, 6.07) is 4.77. The molecule has 1 heterocycles. The molecule has 0 aliphatic rings. The molecular formula is C12H13N3O3. The first-order valence-corrected chi connectivity index (χ1v) is 5.67. The third-order valence-corrected chi connectivity index (χ3v) is 2.58. The van der Waals surface area contributed by atoms with Crippen molar-refractivity contribution < 1.29 is 4.79 Å². The molecule has 0 spiro atoms. The molecule has 0 radical (unpaired) electrons. The van der Waals surface area contributed by atoms with E-state index in [0.29, 0.717) is 18.5 Å². The van der Waals surface area contributed by atoms with E-state index in [-0.39, 0.29) is 16.7 Å². The highest BCUT2D eigenvalue weighted by Gasteiger charge is 2.09. The minimum atomic E-state index is -0.433. The Balaban J connectivity index is 2.58. The summed E-state index contributed by atoms with van der Waals surface area (Å²) in [7, 11) is 0. The van der Waals surface area contributed by atoms with Crippen LogP contribution < -0.4 is 16.4 Å². The van der Waals surface area contributed by atoms with E-state index in [9.17, 15) is 14.4 Å². The standard InChI is InChI=1S/C12H13N3O3/c1-2-4-9(16)13-8-6-3-5-7-10(8)12(18)15-14-11(7)17/h3,5-6H,2,4H2,1H3,(H,13,16)(H,14,17)(H,15,18). The molecule has 1 aromatic heterocycles. The van der Waals surface area contributed by atoms with Crippen molar-refractivity contribution in [2.75, 3.05) is 5.32 Å². The number of hydrogen-bond donors (Lipinski definition) is 3.